The normalized spacial score (nSPS) is 20.8. The van der Waals surface area contributed by atoms with Gasteiger partial charge in [-0.25, -0.2) is 0 Å². The Morgan fingerprint density at radius 3 is 2.71 bits per heavy atom. The fourth-order valence-electron chi connectivity index (χ4n) is 2.21. The van der Waals surface area contributed by atoms with Crippen LogP contribution < -0.4 is 10.6 Å². The molecule has 0 radical (unpaired) electrons. The Morgan fingerprint density at radius 2 is 2.05 bits per heavy atom. The second kappa shape index (κ2) is 13.6. The highest BCUT2D eigenvalue weighted by Gasteiger charge is 2.36. The van der Waals surface area contributed by atoms with Crippen LogP contribution in [0.5, 0.6) is 0 Å². The van der Waals surface area contributed by atoms with Crippen LogP contribution >= 0.6 is 24.0 Å². The molecule has 2 N–H and O–H groups in total. The fourth-order valence-corrected chi connectivity index (χ4v) is 2.21. The summed E-state index contributed by atoms with van der Waals surface area (Å²) in [6, 6.07) is 0.630. The second-order valence-corrected chi connectivity index (χ2v) is 5.25. The van der Waals surface area contributed by atoms with Gasteiger partial charge in [0.2, 0.25) is 0 Å². The highest BCUT2D eigenvalue weighted by molar-refractivity contribution is 14.0. The zero-order chi connectivity index (χ0) is 14.6. The van der Waals surface area contributed by atoms with Crippen LogP contribution in [0.1, 0.15) is 39.5 Å². The van der Waals surface area contributed by atoms with E-state index in [1.165, 1.54) is 19.3 Å². The topological polar surface area (TPSA) is 54.9 Å². The molecule has 1 rings (SSSR count). The number of methoxy groups -OCH3 is 1. The van der Waals surface area contributed by atoms with Crippen molar-refractivity contribution in [1.29, 1.82) is 0 Å². The maximum Gasteiger partial charge on any atom is 0.191 e. The molecule has 0 aliphatic heterocycles. The van der Waals surface area contributed by atoms with Crippen LogP contribution in [0.3, 0.4) is 0 Å². The van der Waals surface area contributed by atoms with Crippen molar-refractivity contribution in [2.45, 2.75) is 45.6 Å². The summed E-state index contributed by atoms with van der Waals surface area (Å²) in [5.74, 6) is 1.80. The van der Waals surface area contributed by atoms with Crippen molar-refractivity contribution in [1.82, 2.24) is 10.6 Å². The predicted octanol–water partition coefficient (Wildman–Crippen LogP) is 2.40. The summed E-state index contributed by atoms with van der Waals surface area (Å²) in [6.45, 7) is 8.12. The Kier molecular flexibility index (Phi) is 13.5. The van der Waals surface area contributed by atoms with Crippen LogP contribution in [0.25, 0.3) is 0 Å². The number of hydrogen-bond donors (Lipinski definition) is 2. The van der Waals surface area contributed by atoms with E-state index in [0.29, 0.717) is 19.3 Å². The van der Waals surface area contributed by atoms with Crippen LogP contribution in [-0.4, -0.2) is 52.0 Å². The van der Waals surface area contributed by atoms with E-state index in [1.54, 1.807) is 7.11 Å². The number of rotatable bonds is 11. The van der Waals surface area contributed by atoms with Crippen LogP contribution in [0.15, 0.2) is 4.99 Å². The molecule has 126 valence electrons. The zero-order valence-corrected chi connectivity index (χ0v) is 16.0. The highest BCUT2D eigenvalue weighted by Crippen LogP contribution is 2.34. The third kappa shape index (κ3) is 10.3. The SMILES string of the molecule is CCCC1CC1NC(=NCCCOCCOC)NCC.I. The van der Waals surface area contributed by atoms with E-state index in [-0.39, 0.29) is 24.0 Å². The van der Waals surface area contributed by atoms with Gasteiger partial charge in [0.05, 0.1) is 13.2 Å². The fraction of sp³-hybridized carbons (Fsp3) is 0.933. The molecule has 5 nitrogen and oxygen atoms in total. The Bertz CT molecular complexity index is 278. The summed E-state index contributed by atoms with van der Waals surface area (Å²) < 4.78 is 10.3. The van der Waals surface area contributed by atoms with E-state index in [9.17, 15) is 0 Å². The molecule has 6 heteroatoms. The van der Waals surface area contributed by atoms with Gasteiger partial charge in [-0.1, -0.05) is 13.3 Å². The lowest BCUT2D eigenvalue weighted by atomic mass is 10.2. The summed E-state index contributed by atoms with van der Waals surface area (Å²) in [5.41, 5.74) is 0. The van der Waals surface area contributed by atoms with Crippen molar-refractivity contribution in [3.05, 3.63) is 0 Å². The molecule has 0 aromatic rings. The number of hydrogen-bond acceptors (Lipinski definition) is 3. The van der Waals surface area contributed by atoms with Gasteiger partial charge in [0.25, 0.3) is 0 Å². The molecule has 0 bridgehead atoms. The Hall–Kier alpha value is -0.0800. The van der Waals surface area contributed by atoms with Crippen LogP contribution in [-0.2, 0) is 9.47 Å². The summed E-state index contributed by atoms with van der Waals surface area (Å²) in [7, 11) is 1.69. The third-order valence-electron chi connectivity index (χ3n) is 3.40. The first kappa shape index (κ1) is 20.9. The molecule has 0 heterocycles. The molecule has 21 heavy (non-hydrogen) atoms. The van der Waals surface area contributed by atoms with E-state index >= 15 is 0 Å². The first-order valence-electron chi connectivity index (χ1n) is 7.93. The van der Waals surface area contributed by atoms with Crippen molar-refractivity contribution in [3.63, 3.8) is 0 Å². The lowest BCUT2D eigenvalue weighted by molar-refractivity contribution is 0.0702. The number of aliphatic imine (C=N–C) groups is 1. The molecule has 0 aromatic carbocycles. The summed E-state index contributed by atoms with van der Waals surface area (Å²) in [5, 5.41) is 6.82. The van der Waals surface area contributed by atoms with Gasteiger partial charge in [-0.2, -0.15) is 0 Å². The number of ether oxygens (including phenoxy) is 2. The smallest absolute Gasteiger partial charge is 0.191 e. The second-order valence-electron chi connectivity index (χ2n) is 5.25. The van der Waals surface area contributed by atoms with Gasteiger partial charge in [-0.3, -0.25) is 4.99 Å². The minimum Gasteiger partial charge on any atom is -0.382 e. The van der Waals surface area contributed by atoms with E-state index in [1.807, 2.05) is 0 Å². The average Bonchev–Trinajstić information content (AvgIpc) is 3.16. The molecule has 1 saturated carbocycles. The van der Waals surface area contributed by atoms with Crippen molar-refractivity contribution in [3.8, 4) is 0 Å². The number of guanidine groups is 1. The van der Waals surface area contributed by atoms with Gasteiger partial charge in [-0.05, 0) is 32.1 Å². The van der Waals surface area contributed by atoms with Gasteiger partial charge in [0.1, 0.15) is 0 Å². The van der Waals surface area contributed by atoms with Crippen molar-refractivity contribution in [2.24, 2.45) is 10.9 Å². The van der Waals surface area contributed by atoms with Crippen molar-refractivity contribution >= 4 is 29.9 Å². The average molecular weight is 413 g/mol. The van der Waals surface area contributed by atoms with Crippen LogP contribution in [0.2, 0.25) is 0 Å². The number of halogens is 1. The molecule has 1 fully saturated rings. The third-order valence-corrected chi connectivity index (χ3v) is 3.40. The summed E-state index contributed by atoms with van der Waals surface area (Å²) in [4.78, 5) is 4.59. The monoisotopic (exact) mass is 413 g/mol. The van der Waals surface area contributed by atoms with Gasteiger partial charge < -0.3 is 20.1 Å². The summed E-state index contributed by atoms with van der Waals surface area (Å²) >= 11 is 0. The molecule has 0 saturated heterocycles. The van der Waals surface area contributed by atoms with Crippen LogP contribution in [0, 0.1) is 5.92 Å². The highest BCUT2D eigenvalue weighted by atomic mass is 127. The van der Waals surface area contributed by atoms with Crippen molar-refractivity contribution < 1.29 is 9.47 Å². The van der Waals surface area contributed by atoms with E-state index in [0.717, 1.165) is 38.0 Å². The van der Waals surface area contributed by atoms with Crippen LogP contribution in [0.4, 0.5) is 0 Å². The number of nitrogens with zero attached hydrogens (tertiary/aromatic N) is 1. The Morgan fingerprint density at radius 1 is 1.24 bits per heavy atom. The number of nitrogens with one attached hydrogen (secondary N) is 2. The Balaban J connectivity index is 0.00000400. The summed E-state index contributed by atoms with van der Waals surface area (Å²) in [6.07, 6.45) is 4.83. The molecular formula is C15H32IN3O2. The molecule has 0 spiro atoms. The molecule has 0 amide bonds. The lowest BCUT2D eigenvalue weighted by Gasteiger charge is -2.11. The quantitative estimate of drug-likeness (QED) is 0.237. The predicted molar refractivity (Wildman–Crippen MR) is 98.6 cm³/mol. The maximum absolute atomic E-state index is 5.42. The van der Waals surface area contributed by atoms with Gasteiger partial charge >= 0.3 is 0 Å². The van der Waals surface area contributed by atoms with E-state index in [4.69, 9.17) is 9.47 Å². The molecule has 2 unspecified atom stereocenters. The minimum atomic E-state index is 0. The van der Waals surface area contributed by atoms with Gasteiger partial charge in [0, 0.05) is 32.8 Å². The zero-order valence-electron chi connectivity index (χ0n) is 13.7. The molecule has 1 aliphatic carbocycles. The van der Waals surface area contributed by atoms with Gasteiger partial charge in [0.15, 0.2) is 5.96 Å². The van der Waals surface area contributed by atoms with E-state index in [2.05, 4.69) is 29.5 Å². The molecular weight excluding hydrogens is 381 g/mol. The first-order chi connectivity index (χ1) is 9.81. The Labute approximate surface area is 146 Å². The molecule has 0 aromatic heterocycles. The first-order valence-corrected chi connectivity index (χ1v) is 7.93. The largest absolute Gasteiger partial charge is 0.382 e. The minimum absolute atomic E-state index is 0. The molecule has 2 atom stereocenters. The lowest BCUT2D eigenvalue weighted by Crippen LogP contribution is -2.39. The van der Waals surface area contributed by atoms with Gasteiger partial charge in [-0.15, -0.1) is 24.0 Å². The maximum atomic E-state index is 5.42. The van der Waals surface area contributed by atoms with E-state index < -0.39 is 0 Å². The standard InChI is InChI=1S/C15H31N3O2.HI/c1-4-7-13-12-14(13)18-15(16-5-2)17-8-6-9-20-11-10-19-3;/h13-14H,4-12H2,1-3H3,(H2,16,17,18);1H. The molecule has 1 aliphatic rings. The van der Waals surface area contributed by atoms with Crippen molar-refractivity contribution in [2.75, 3.05) is 40.0 Å².